The minimum absolute atomic E-state index is 0.119. The number of benzene rings is 1. The first kappa shape index (κ1) is 10.7. The van der Waals surface area contributed by atoms with Gasteiger partial charge in [0.1, 0.15) is 0 Å². The first-order valence-corrected chi connectivity index (χ1v) is 5.11. The van der Waals surface area contributed by atoms with E-state index in [4.69, 9.17) is 10.8 Å². The molecule has 2 rings (SSSR count). The van der Waals surface area contributed by atoms with Crippen molar-refractivity contribution >= 4 is 16.9 Å². The van der Waals surface area contributed by atoms with Gasteiger partial charge in [-0.25, -0.2) is 0 Å². The van der Waals surface area contributed by atoms with E-state index < -0.39 is 11.9 Å². The quantitative estimate of drug-likeness (QED) is 0.816. The summed E-state index contributed by atoms with van der Waals surface area (Å²) in [5.41, 5.74) is 7.31. The number of carboxylic acids is 1. The molecule has 1 heterocycles. The second-order valence-electron chi connectivity index (χ2n) is 3.87. The van der Waals surface area contributed by atoms with Gasteiger partial charge in [-0.05, 0) is 29.1 Å². The predicted octanol–water partition coefficient (Wildman–Crippen LogP) is 1.31. The highest BCUT2D eigenvalue weighted by molar-refractivity contribution is 5.84. The molecule has 0 spiro atoms. The number of aromatic nitrogens is 1. The lowest BCUT2D eigenvalue weighted by Crippen LogP contribution is -2.20. The minimum Gasteiger partial charge on any atom is -0.481 e. The summed E-state index contributed by atoms with van der Waals surface area (Å²) < 4.78 is 2.00. The number of nitrogens with zero attached hydrogens (tertiary/aromatic N) is 1. The third-order valence-electron chi connectivity index (χ3n) is 2.85. The number of nitrogens with two attached hydrogens (primary N) is 1. The summed E-state index contributed by atoms with van der Waals surface area (Å²) in [5.74, 6) is -1.50. The zero-order valence-electron chi connectivity index (χ0n) is 9.05. The number of carbonyl (C=O) groups is 1. The fourth-order valence-electron chi connectivity index (χ4n) is 1.90. The van der Waals surface area contributed by atoms with Crippen LogP contribution in [0.4, 0.5) is 0 Å². The van der Waals surface area contributed by atoms with Crippen molar-refractivity contribution in [1.82, 2.24) is 4.57 Å². The maximum absolute atomic E-state index is 11.0. The number of carboxylic acid groups (broad SMARTS) is 1. The van der Waals surface area contributed by atoms with Gasteiger partial charge in [0.15, 0.2) is 0 Å². The molecule has 0 radical (unpaired) electrons. The van der Waals surface area contributed by atoms with E-state index in [0.29, 0.717) is 0 Å². The molecule has 0 amide bonds. The first-order chi connectivity index (χ1) is 7.63. The second kappa shape index (κ2) is 3.98. The Kier molecular flexibility index (Phi) is 2.66. The van der Waals surface area contributed by atoms with E-state index in [1.54, 1.807) is 0 Å². The first-order valence-electron chi connectivity index (χ1n) is 5.11. The summed E-state index contributed by atoms with van der Waals surface area (Å²) in [4.78, 5) is 11.0. The highest BCUT2D eigenvalue weighted by atomic mass is 16.4. The molecule has 0 fully saturated rings. The van der Waals surface area contributed by atoms with Gasteiger partial charge in [-0.2, -0.15) is 0 Å². The maximum Gasteiger partial charge on any atom is 0.312 e. The van der Waals surface area contributed by atoms with Gasteiger partial charge in [0, 0.05) is 25.3 Å². The molecular formula is C12H14N2O2. The van der Waals surface area contributed by atoms with Crippen LogP contribution in [0.1, 0.15) is 11.5 Å². The number of hydrogen-bond donors (Lipinski definition) is 2. The number of hydrogen-bond acceptors (Lipinski definition) is 2. The molecule has 2 aromatic rings. The molecule has 1 atom stereocenters. The van der Waals surface area contributed by atoms with Crippen LogP contribution in [0.15, 0.2) is 30.5 Å². The lowest BCUT2D eigenvalue weighted by molar-refractivity contribution is -0.138. The van der Waals surface area contributed by atoms with Crippen LogP contribution in [0.3, 0.4) is 0 Å². The minimum atomic E-state index is -0.877. The smallest absolute Gasteiger partial charge is 0.312 e. The molecule has 1 aromatic heterocycles. The largest absolute Gasteiger partial charge is 0.481 e. The highest BCUT2D eigenvalue weighted by Crippen LogP contribution is 2.22. The molecule has 0 aliphatic rings. The van der Waals surface area contributed by atoms with Crippen molar-refractivity contribution in [3.63, 3.8) is 0 Å². The number of fused-ring (bicyclic) bond motifs is 1. The molecule has 1 unspecified atom stereocenters. The molecule has 84 valence electrons. The van der Waals surface area contributed by atoms with Gasteiger partial charge in [-0.15, -0.1) is 0 Å². The molecule has 0 aliphatic heterocycles. The van der Waals surface area contributed by atoms with Gasteiger partial charge in [0.25, 0.3) is 0 Å². The molecule has 1 aromatic carbocycles. The van der Waals surface area contributed by atoms with Crippen LogP contribution in [0.25, 0.3) is 10.9 Å². The number of rotatable bonds is 3. The summed E-state index contributed by atoms with van der Waals surface area (Å²) in [5, 5.41) is 10.1. The summed E-state index contributed by atoms with van der Waals surface area (Å²) in [7, 11) is 1.96. The third-order valence-corrected chi connectivity index (χ3v) is 2.85. The summed E-state index contributed by atoms with van der Waals surface area (Å²) in [6.45, 7) is 0.119. The lowest BCUT2D eigenvalue weighted by Gasteiger charge is -2.10. The molecule has 4 heteroatoms. The van der Waals surface area contributed by atoms with Crippen molar-refractivity contribution in [2.75, 3.05) is 6.54 Å². The topological polar surface area (TPSA) is 68.2 Å². The fourth-order valence-corrected chi connectivity index (χ4v) is 1.90. The van der Waals surface area contributed by atoms with Gasteiger partial charge in [-0.3, -0.25) is 4.79 Å². The normalized spacial score (nSPS) is 12.9. The molecule has 3 N–H and O–H groups in total. The van der Waals surface area contributed by atoms with Crippen LogP contribution in [-0.2, 0) is 11.8 Å². The molecule has 4 nitrogen and oxygen atoms in total. The Hall–Kier alpha value is -1.81. The van der Waals surface area contributed by atoms with Crippen molar-refractivity contribution in [2.24, 2.45) is 12.8 Å². The van der Waals surface area contributed by atoms with E-state index >= 15 is 0 Å². The summed E-state index contributed by atoms with van der Waals surface area (Å²) in [6.07, 6.45) is 1.95. The van der Waals surface area contributed by atoms with Gasteiger partial charge in [-0.1, -0.05) is 6.07 Å². The molecular weight excluding hydrogens is 204 g/mol. The molecule has 16 heavy (non-hydrogen) atoms. The van der Waals surface area contributed by atoms with Crippen molar-refractivity contribution in [3.8, 4) is 0 Å². The lowest BCUT2D eigenvalue weighted by atomic mass is 9.98. The average molecular weight is 218 g/mol. The molecule has 0 saturated carbocycles. The fraction of sp³-hybridized carbons (Fsp3) is 0.250. The van der Waals surface area contributed by atoms with Crippen LogP contribution in [0, 0.1) is 0 Å². The average Bonchev–Trinajstić information content (AvgIpc) is 2.61. The standard InChI is InChI=1S/C12H14N2O2/c1-14-5-4-9-6-8(2-3-11(9)14)10(7-13)12(15)16/h2-6,10H,7,13H2,1H3,(H,15,16). The zero-order chi connectivity index (χ0) is 11.7. The summed E-state index contributed by atoms with van der Waals surface area (Å²) >= 11 is 0. The molecule has 0 saturated heterocycles. The Balaban J connectivity index is 2.50. The Morgan fingerprint density at radius 1 is 1.50 bits per heavy atom. The van der Waals surface area contributed by atoms with Crippen LogP contribution >= 0.6 is 0 Å². The number of aliphatic carboxylic acids is 1. The van der Waals surface area contributed by atoms with Gasteiger partial charge < -0.3 is 15.4 Å². The third kappa shape index (κ3) is 1.67. The van der Waals surface area contributed by atoms with E-state index in [1.807, 2.05) is 42.1 Å². The van der Waals surface area contributed by atoms with Gasteiger partial charge in [0.2, 0.25) is 0 Å². The Morgan fingerprint density at radius 2 is 2.25 bits per heavy atom. The van der Waals surface area contributed by atoms with Crippen LogP contribution in [0.2, 0.25) is 0 Å². The van der Waals surface area contributed by atoms with Gasteiger partial charge >= 0.3 is 5.97 Å². The Morgan fingerprint density at radius 3 is 2.88 bits per heavy atom. The predicted molar refractivity (Wildman–Crippen MR) is 62.4 cm³/mol. The molecule has 0 aliphatic carbocycles. The van der Waals surface area contributed by atoms with Crippen molar-refractivity contribution < 1.29 is 9.90 Å². The van der Waals surface area contributed by atoms with Crippen LogP contribution in [-0.4, -0.2) is 22.2 Å². The SMILES string of the molecule is Cn1ccc2cc(C(CN)C(=O)O)ccc21. The van der Waals surface area contributed by atoms with Crippen molar-refractivity contribution in [1.29, 1.82) is 0 Å². The van der Waals surface area contributed by atoms with E-state index in [-0.39, 0.29) is 6.54 Å². The van der Waals surface area contributed by atoms with E-state index in [1.165, 1.54) is 0 Å². The van der Waals surface area contributed by atoms with Crippen LogP contribution < -0.4 is 5.73 Å². The Labute approximate surface area is 93.3 Å². The second-order valence-corrected chi connectivity index (χ2v) is 3.87. The highest BCUT2D eigenvalue weighted by Gasteiger charge is 2.18. The van der Waals surface area contributed by atoms with Gasteiger partial charge in [0.05, 0.1) is 5.92 Å². The maximum atomic E-state index is 11.0. The van der Waals surface area contributed by atoms with E-state index in [0.717, 1.165) is 16.5 Å². The van der Waals surface area contributed by atoms with Crippen molar-refractivity contribution in [3.05, 3.63) is 36.0 Å². The number of aryl methyl sites for hydroxylation is 1. The van der Waals surface area contributed by atoms with E-state index in [2.05, 4.69) is 0 Å². The molecule has 0 bridgehead atoms. The van der Waals surface area contributed by atoms with Crippen molar-refractivity contribution in [2.45, 2.75) is 5.92 Å². The summed E-state index contributed by atoms with van der Waals surface area (Å²) in [6, 6.07) is 7.61. The monoisotopic (exact) mass is 218 g/mol. The Bertz CT molecular complexity index is 531. The van der Waals surface area contributed by atoms with Crippen LogP contribution in [0.5, 0.6) is 0 Å². The zero-order valence-corrected chi connectivity index (χ0v) is 9.05. The van der Waals surface area contributed by atoms with E-state index in [9.17, 15) is 4.79 Å².